The number of hydrogen-bond donors (Lipinski definition) is 0. The smallest absolute Gasteiger partial charge is 0.119 e. The lowest BCUT2D eigenvalue weighted by Gasteiger charge is -2.24. The van der Waals surface area contributed by atoms with Gasteiger partial charge in [-0.15, -0.1) is 0 Å². The molecule has 0 amide bonds. The fraction of sp³-hybridized carbons (Fsp3) is 0.647. The molecule has 0 aliphatic heterocycles. The highest BCUT2D eigenvalue weighted by molar-refractivity contribution is 9.09. The predicted molar refractivity (Wildman–Crippen MR) is 85.2 cm³/mol. The van der Waals surface area contributed by atoms with Crippen LogP contribution in [0.25, 0.3) is 0 Å². The Balaban J connectivity index is 1.92. The van der Waals surface area contributed by atoms with E-state index in [1.54, 1.807) is 7.11 Å². The number of benzene rings is 1. The molecule has 0 radical (unpaired) electrons. The van der Waals surface area contributed by atoms with Gasteiger partial charge in [-0.3, -0.25) is 0 Å². The van der Waals surface area contributed by atoms with Crippen LogP contribution in [0.3, 0.4) is 0 Å². The van der Waals surface area contributed by atoms with Crippen molar-refractivity contribution in [2.75, 3.05) is 7.11 Å². The van der Waals surface area contributed by atoms with Crippen molar-refractivity contribution in [3.05, 3.63) is 29.8 Å². The summed E-state index contributed by atoms with van der Waals surface area (Å²) in [5.41, 5.74) is 1.38. The van der Waals surface area contributed by atoms with E-state index < -0.39 is 0 Å². The lowest BCUT2D eigenvalue weighted by molar-refractivity contribution is 0.369. The van der Waals surface area contributed by atoms with E-state index in [9.17, 15) is 0 Å². The van der Waals surface area contributed by atoms with Crippen LogP contribution in [0.4, 0.5) is 0 Å². The van der Waals surface area contributed by atoms with Crippen LogP contribution >= 0.6 is 15.9 Å². The molecule has 0 saturated heterocycles. The van der Waals surface area contributed by atoms with Crippen molar-refractivity contribution in [2.45, 2.75) is 56.2 Å². The molecule has 1 aliphatic carbocycles. The summed E-state index contributed by atoms with van der Waals surface area (Å²) < 4.78 is 5.30. The second-order valence-electron chi connectivity index (χ2n) is 5.68. The molecular formula is C17H25BrO. The summed E-state index contributed by atoms with van der Waals surface area (Å²) >= 11 is 3.94. The molecule has 0 aromatic heterocycles. The van der Waals surface area contributed by atoms with Crippen molar-refractivity contribution in [3.8, 4) is 5.75 Å². The van der Waals surface area contributed by atoms with Crippen LogP contribution in [-0.4, -0.2) is 11.9 Å². The summed E-state index contributed by atoms with van der Waals surface area (Å²) in [7, 11) is 1.74. The second-order valence-corrected chi connectivity index (χ2v) is 6.85. The molecule has 2 heteroatoms. The fourth-order valence-electron chi connectivity index (χ4n) is 3.04. The van der Waals surface area contributed by atoms with Gasteiger partial charge >= 0.3 is 0 Å². The van der Waals surface area contributed by atoms with Crippen molar-refractivity contribution in [1.82, 2.24) is 0 Å². The molecule has 0 spiro atoms. The minimum atomic E-state index is 0.609. The van der Waals surface area contributed by atoms with E-state index in [-0.39, 0.29) is 0 Å². The molecule has 0 heterocycles. The normalized spacial score (nSPS) is 19.5. The van der Waals surface area contributed by atoms with E-state index in [0.717, 1.165) is 18.1 Å². The van der Waals surface area contributed by atoms with E-state index in [4.69, 9.17) is 4.74 Å². The first-order valence-corrected chi connectivity index (χ1v) is 8.48. The van der Waals surface area contributed by atoms with Crippen LogP contribution in [0.15, 0.2) is 24.3 Å². The SMILES string of the molecule is COc1cccc(CC(Br)C2CCCCCCC2)c1. The van der Waals surface area contributed by atoms with Crippen molar-refractivity contribution in [1.29, 1.82) is 0 Å². The second kappa shape index (κ2) is 7.94. The predicted octanol–water partition coefficient (Wildman–Crippen LogP) is 5.36. The molecule has 1 atom stereocenters. The highest BCUT2D eigenvalue weighted by Crippen LogP contribution is 2.31. The molecule has 2 rings (SSSR count). The summed E-state index contributed by atoms with van der Waals surface area (Å²) in [5.74, 6) is 1.81. The van der Waals surface area contributed by atoms with Crippen LogP contribution in [0.2, 0.25) is 0 Å². The first-order valence-electron chi connectivity index (χ1n) is 7.56. The van der Waals surface area contributed by atoms with Gasteiger partial charge in [-0.2, -0.15) is 0 Å². The van der Waals surface area contributed by atoms with Gasteiger partial charge in [0.1, 0.15) is 5.75 Å². The number of rotatable bonds is 4. The van der Waals surface area contributed by atoms with Crippen LogP contribution in [0.5, 0.6) is 5.75 Å². The third kappa shape index (κ3) is 4.83. The number of halogens is 1. The van der Waals surface area contributed by atoms with Gasteiger partial charge in [-0.1, -0.05) is 60.2 Å². The Kier molecular flexibility index (Phi) is 6.22. The number of alkyl halides is 1. The van der Waals surface area contributed by atoms with Gasteiger partial charge in [0.25, 0.3) is 0 Å². The van der Waals surface area contributed by atoms with Gasteiger partial charge in [0.2, 0.25) is 0 Å². The quantitative estimate of drug-likeness (QED) is 0.677. The van der Waals surface area contributed by atoms with Gasteiger partial charge < -0.3 is 4.74 Å². The van der Waals surface area contributed by atoms with Gasteiger partial charge in [0.05, 0.1) is 7.11 Å². The molecule has 1 nitrogen and oxygen atoms in total. The molecule has 0 bridgehead atoms. The summed E-state index contributed by atoms with van der Waals surface area (Å²) in [5, 5.41) is 0. The molecule has 1 aromatic rings. The number of ether oxygens (including phenoxy) is 1. The average Bonchev–Trinajstić information content (AvgIpc) is 2.38. The Morgan fingerprint density at radius 1 is 1.16 bits per heavy atom. The minimum absolute atomic E-state index is 0.609. The number of methoxy groups -OCH3 is 1. The van der Waals surface area contributed by atoms with Gasteiger partial charge in [0, 0.05) is 4.83 Å². The standard InChI is InChI=1S/C17H25BrO/c1-19-16-11-7-8-14(12-16)13-17(18)15-9-5-3-2-4-6-10-15/h7-8,11-12,15,17H,2-6,9-10,13H2,1H3. The van der Waals surface area contributed by atoms with Crippen molar-refractivity contribution < 1.29 is 4.74 Å². The van der Waals surface area contributed by atoms with Crippen LogP contribution in [0.1, 0.15) is 50.5 Å². The van der Waals surface area contributed by atoms with E-state index >= 15 is 0 Å². The first-order chi connectivity index (χ1) is 9.29. The Labute approximate surface area is 125 Å². The summed E-state index contributed by atoms with van der Waals surface area (Å²) in [6.07, 6.45) is 11.0. The van der Waals surface area contributed by atoms with Gasteiger partial charge in [-0.05, 0) is 42.9 Å². The molecular weight excluding hydrogens is 300 g/mol. The van der Waals surface area contributed by atoms with E-state index in [2.05, 4.69) is 34.1 Å². The average molecular weight is 325 g/mol. The number of hydrogen-bond acceptors (Lipinski definition) is 1. The highest BCUT2D eigenvalue weighted by Gasteiger charge is 2.20. The van der Waals surface area contributed by atoms with E-state index in [1.165, 1.54) is 50.5 Å². The van der Waals surface area contributed by atoms with E-state index in [1.807, 2.05) is 6.07 Å². The fourth-order valence-corrected chi connectivity index (χ4v) is 3.94. The van der Waals surface area contributed by atoms with Crippen molar-refractivity contribution in [3.63, 3.8) is 0 Å². The lowest BCUT2D eigenvalue weighted by atomic mass is 9.87. The molecule has 1 unspecified atom stereocenters. The third-order valence-electron chi connectivity index (χ3n) is 4.23. The molecule has 106 valence electrons. The molecule has 1 saturated carbocycles. The summed E-state index contributed by atoms with van der Waals surface area (Å²) in [6, 6.07) is 8.48. The Hall–Kier alpha value is -0.500. The van der Waals surface area contributed by atoms with Crippen molar-refractivity contribution in [2.24, 2.45) is 5.92 Å². The summed E-state index contributed by atoms with van der Waals surface area (Å²) in [6.45, 7) is 0. The van der Waals surface area contributed by atoms with Gasteiger partial charge in [-0.25, -0.2) is 0 Å². The zero-order valence-electron chi connectivity index (χ0n) is 11.9. The van der Waals surface area contributed by atoms with Crippen molar-refractivity contribution >= 4 is 15.9 Å². The van der Waals surface area contributed by atoms with Crippen LogP contribution < -0.4 is 4.74 Å². The van der Waals surface area contributed by atoms with Crippen LogP contribution in [0, 0.1) is 5.92 Å². The largest absolute Gasteiger partial charge is 0.497 e. The topological polar surface area (TPSA) is 9.23 Å². The minimum Gasteiger partial charge on any atom is -0.497 e. The molecule has 1 fully saturated rings. The zero-order valence-corrected chi connectivity index (χ0v) is 13.5. The zero-order chi connectivity index (χ0) is 13.5. The Morgan fingerprint density at radius 3 is 2.53 bits per heavy atom. The molecule has 19 heavy (non-hydrogen) atoms. The van der Waals surface area contributed by atoms with E-state index in [0.29, 0.717) is 4.83 Å². The molecule has 0 N–H and O–H groups in total. The Bertz CT molecular complexity index is 369. The monoisotopic (exact) mass is 324 g/mol. The molecule has 1 aromatic carbocycles. The third-order valence-corrected chi connectivity index (χ3v) is 5.30. The maximum Gasteiger partial charge on any atom is 0.119 e. The first kappa shape index (κ1) is 14.9. The molecule has 1 aliphatic rings. The van der Waals surface area contributed by atoms with Gasteiger partial charge in [0.15, 0.2) is 0 Å². The maximum atomic E-state index is 5.30. The lowest BCUT2D eigenvalue weighted by Crippen LogP contribution is -2.18. The maximum absolute atomic E-state index is 5.30. The summed E-state index contributed by atoms with van der Waals surface area (Å²) in [4.78, 5) is 0.609. The van der Waals surface area contributed by atoms with Crippen LogP contribution in [-0.2, 0) is 6.42 Å². The Morgan fingerprint density at radius 2 is 1.84 bits per heavy atom. The highest BCUT2D eigenvalue weighted by atomic mass is 79.9.